The van der Waals surface area contributed by atoms with Gasteiger partial charge in [-0.2, -0.15) is 0 Å². The van der Waals surface area contributed by atoms with Crippen LogP contribution in [0.5, 0.6) is 0 Å². The monoisotopic (exact) mass is 261 g/mol. The molecule has 0 heterocycles. The summed E-state index contributed by atoms with van der Waals surface area (Å²) in [6.07, 6.45) is 1.55. The molecule has 3 N–H and O–H groups in total. The summed E-state index contributed by atoms with van der Waals surface area (Å²) in [6, 6.07) is 5.52. The van der Waals surface area contributed by atoms with Gasteiger partial charge in [-0.3, -0.25) is 0 Å². The second-order valence-corrected chi connectivity index (χ2v) is 4.96. The maximum absolute atomic E-state index is 9.42. The molecule has 0 fully saturated rings. The van der Waals surface area contributed by atoms with E-state index >= 15 is 0 Å². The molecular formula is C12H17Cl2NO. The molecule has 1 unspecified atom stereocenters. The Bertz CT molecular complexity index is 343. The van der Waals surface area contributed by atoms with E-state index in [-0.39, 0.29) is 12.0 Å². The van der Waals surface area contributed by atoms with Gasteiger partial charge in [0.2, 0.25) is 0 Å². The maximum Gasteiger partial charge on any atom is 0.0595 e. The highest BCUT2D eigenvalue weighted by Crippen LogP contribution is 2.29. The Kier molecular flexibility index (Phi) is 5.06. The number of hydrogen-bond acceptors (Lipinski definition) is 2. The molecule has 1 rings (SSSR count). The first-order valence-electron chi connectivity index (χ1n) is 5.32. The van der Waals surface area contributed by atoms with E-state index in [9.17, 15) is 5.11 Å². The summed E-state index contributed by atoms with van der Waals surface area (Å²) in [5.41, 5.74) is 6.52. The highest BCUT2D eigenvalue weighted by molar-refractivity contribution is 6.42. The van der Waals surface area contributed by atoms with E-state index in [0.29, 0.717) is 23.0 Å². The summed E-state index contributed by atoms with van der Waals surface area (Å²) < 4.78 is 0. The quantitative estimate of drug-likeness (QED) is 0.857. The molecule has 90 valence electrons. The molecule has 0 saturated heterocycles. The highest BCUT2D eigenvalue weighted by Gasteiger charge is 2.26. The van der Waals surface area contributed by atoms with Crippen molar-refractivity contribution in [3.8, 4) is 0 Å². The minimum atomic E-state index is -0.253. The van der Waals surface area contributed by atoms with E-state index in [1.54, 1.807) is 6.07 Å². The van der Waals surface area contributed by atoms with Crippen molar-refractivity contribution >= 4 is 23.2 Å². The molecule has 1 aromatic carbocycles. The van der Waals surface area contributed by atoms with Crippen LogP contribution in [0.3, 0.4) is 0 Å². The minimum Gasteiger partial charge on any atom is -0.396 e. The molecule has 0 aliphatic rings. The number of benzene rings is 1. The third-order valence-electron chi connectivity index (χ3n) is 3.08. The van der Waals surface area contributed by atoms with Crippen molar-refractivity contribution in [2.24, 2.45) is 11.1 Å². The molecule has 2 nitrogen and oxygen atoms in total. The van der Waals surface area contributed by atoms with E-state index in [1.807, 2.05) is 19.1 Å². The molecule has 0 radical (unpaired) electrons. The zero-order chi connectivity index (χ0) is 12.2. The van der Waals surface area contributed by atoms with Crippen molar-refractivity contribution in [2.45, 2.75) is 19.8 Å². The number of halogens is 2. The van der Waals surface area contributed by atoms with Gasteiger partial charge in [-0.05, 0) is 30.5 Å². The van der Waals surface area contributed by atoms with Crippen LogP contribution in [-0.2, 0) is 6.42 Å². The molecule has 0 saturated carbocycles. The fraction of sp³-hybridized carbons (Fsp3) is 0.500. The summed E-state index contributed by atoms with van der Waals surface area (Å²) in [6.45, 7) is 2.57. The lowest BCUT2D eigenvalue weighted by atomic mass is 9.80. The van der Waals surface area contributed by atoms with Gasteiger partial charge < -0.3 is 10.8 Å². The van der Waals surface area contributed by atoms with Crippen LogP contribution in [0.4, 0.5) is 0 Å². The fourth-order valence-corrected chi connectivity index (χ4v) is 1.98. The van der Waals surface area contributed by atoms with Crippen LogP contribution in [0, 0.1) is 5.41 Å². The van der Waals surface area contributed by atoms with Crippen LogP contribution in [0.1, 0.15) is 18.9 Å². The first-order chi connectivity index (χ1) is 7.56. The van der Waals surface area contributed by atoms with Crippen LogP contribution >= 0.6 is 23.2 Å². The molecule has 0 aromatic heterocycles. The van der Waals surface area contributed by atoms with Gasteiger partial charge in [0.25, 0.3) is 0 Å². The minimum absolute atomic E-state index is 0.0836. The van der Waals surface area contributed by atoms with Crippen LogP contribution in [0.2, 0.25) is 10.0 Å². The van der Waals surface area contributed by atoms with Crippen molar-refractivity contribution in [3.05, 3.63) is 33.8 Å². The number of rotatable bonds is 5. The lowest BCUT2D eigenvalue weighted by Crippen LogP contribution is -2.35. The Labute approximate surface area is 106 Å². The van der Waals surface area contributed by atoms with Gasteiger partial charge in [0.15, 0.2) is 0 Å². The highest BCUT2D eigenvalue weighted by atomic mass is 35.5. The predicted molar refractivity (Wildman–Crippen MR) is 69.0 cm³/mol. The standard InChI is InChI=1S/C12H17Cl2NO/c1-2-12(7-15,8-16)6-9-3-4-10(13)11(14)5-9/h3-5,16H,2,6-8,15H2,1H3. The second kappa shape index (κ2) is 5.87. The molecule has 0 aliphatic heterocycles. The van der Waals surface area contributed by atoms with E-state index in [4.69, 9.17) is 28.9 Å². The first kappa shape index (κ1) is 13.8. The van der Waals surface area contributed by atoms with Crippen LogP contribution in [0.15, 0.2) is 18.2 Å². The predicted octanol–water partition coefficient (Wildman–Crippen LogP) is 2.88. The Morgan fingerprint density at radius 3 is 2.44 bits per heavy atom. The molecule has 4 heteroatoms. The molecule has 16 heavy (non-hydrogen) atoms. The second-order valence-electron chi connectivity index (χ2n) is 4.14. The SMILES string of the molecule is CCC(CN)(CO)Cc1ccc(Cl)c(Cl)c1. The molecule has 1 aromatic rings. The Balaban J connectivity index is 2.89. The lowest BCUT2D eigenvalue weighted by Gasteiger charge is -2.29. The number of aliphatic hydroxyl groups excluding tert-OH is 1. The third-order valence-corrected chi connectivity index (χ3v) is 3.82. The molecule has 1 atom stereocenters. The lowest BCUT2D eigenvalue weighted by molar-refractivity contribution is 0.127. The van der Waals surface area contributed by atoms with Gasteiger partial charge in [-0.15, -0.1) is 0 Å². The van der Waals surface area contributed by atoms with Crippen LogP contribution in [0.25, 0.3) is 0 Å². The average molecular weight is 262 g/mol. The van der Waals surface area contributed by atoms with Gasteiger partial charge in [0.1, 0.15) is 0 Å². The maximum atomic E-state index is 9.42. The van der Waals surface area contributed by atoms with Crippen molar-refractivity contribution < 1.29 is 5.11 Å². The molecule has 0 amide bonds. The van der Waals surface area contributed by atoms with Crippen molar-refractivity contribution in [3.63, 3.8) is 0 Å². The zero-order valence-electron chi connectivity index (χ0n) is 9.34. The third kappa shape index (κ3) is 3.11. The summed E-state index contributed by atoms with van der Waals surface area (Å²) in [4.78, 5) is 0. The first-order valence-corrected chi connectivity index (χ1v) is 6.07. The van der Waals surface area contributed by atoms with E-state index < -0.39 is 0 Å². The Hall–Kier alpha value is -0.280. The van der Waals surface area contributed by atoms with E-state index in [2.05, 4.69) is 0 Å². The molecule has 0 bridgehead atoms. The van der Waals surface area contributed by atoms with E-state index in [1.165, 1.54) is 0 Å². The topological polar surface area (TPSA) is 46.2 Å². The normalized spacial score (nSPS) is 14.8. The zero-order valence-corrected chi connectivity index (χ0v) is 10.9. The van der Waals surface area contributed by atoms with Crippen molar-refractivity contribution in [1.29, 1.82) is 0 Å². The average Bonchev–Trinajstić information content (AvgIpc) is 2.31. The number of aliphatic hydroxyl groups is 1. The summed E-state index contributed by atoms with van der Waals surface area (Å²) in [5.74, 6) is 0. The Morgan fingerprint density at radius 2 is 2.00 bits per heavy atom. The molecular weight excluding hydrogens is 245 g/mol. The van der Waals surface area contributed by atoms with Crippen LogP contribution < -0.4 is 5.73 Å². The van der Waals surface area contributed by atoms with Gasteiger partial charge in [-0.1, -0.05) is 36.2 Å². The van der Waals surface area contributed by atoms with Crippen molar-refractivity contribution in [2.75, 3.05) is 13.2 Å². The van der Waals surface area contributed by atoms with E-state index in [0.717, 1.165) is 12.0 Å². The van der Waals surface area contributed by atoms with Crippen LogP contribution in [-0.4, -0.2) is 18.3 Å². The number of nitrogens with two attached hydrogens (primary N) is 1. The van der Waals surface area contributed by atoms with Gasteiger partial charge in [0.05, 0.1) is 16.7 Å². The largest absolute Gasteiger partial charge is 0.396 e. The molecule has 0 aliphatic carbocycles. The Morgan fingerprint density at radius 1 is 1.31 bits per heavy atom. The smallest absolute Gasteiger partial charge is 0.0595 e. The van der Waals surface area contributed by atoms with Gasteiger partial charge >= 0.3 is 0 Å². The molecule has 0 spiro atoms. The fourth-order valence-electron chi connectivity index (χ4n) is 1.66. The van der Waals surface area contributed by atoms with Gasteiger partial charge in [-0.25, -0.2) is 0 Å². The van der Waals surface area contributed by atoms with Gasteiger partial charge in [0, 0.05) is 12.0 Å². The summed E-state index contributed by atoms with van der Waals surface area (Å²) in [5, 5.41) is 10.5. The van der Waals surface area contributed by atoms with Crippen molar-refractivity contribution in [1.82, 2.24) is 0 Å². The number of hydrogen-bond donors (Lipinski definition) is 2. The summed E-state index contributed by atoms with van der Waals surface area (Å²) >= 11 is 11.8. The summed E-state index contributed by atoms with van der Waals surface area (Å²) in [7, 11) is 0.